The second-order valence-electron chi connectivity index (χ2n) is 8.49. The molecule has 2 atom stereocenters. The first-order valence-corrected chi connectivity index (χ1v) is 11.1. The maximum absolute atomic E-state index is 12.2. The van der Waals surface area contributed by atoms with Gasteiger partial charge in [-0.2, -0.15) is 4.98 Å². The van der Waals surface area contributed by atoms with Crippen LogP contribution in [0.4, 0.5) is 33.6 Å². The maximum Gasteiger partial charge on any atom is 0.415 e. The average molecular weight is 479 g/mol. The molecule has 0 spiro atoms. The molecule has 0 aliphatic carbocycles. The lowest BCUT2D eigenvalue weighted by Gasteiger charge is -2.23. The van der Waals surface area contributed by atoms with Gasteiger partial charge in [0, 0.05) is 31.1 Å². The molecule has 182 valence electrons. The number of cyclic esters (lactones) is 1. The molecule has 4 rings (SSSR count). The smallest absolute Gasteiger partial charge is 0.415 e. The number of anilines is 4. The van der Waals surface area contributed by atoms with Gasteiger partial charge in [-0.15, -0.1) is 0 Å². The summed E-state index contributed by atoms with van der Waals surface area (Å²) in [6, 6.07) is 7.51. The zero-order valence-corrected chi connectivity index (χ0v) is 19.8. The molecule has 1 N–H and O–H groups in total. The Morgan fingerprint density at radius 2 is 1.80 bits per heavy atom. The minimum atomic E-state index is -0.436. The predicted octanol–water partition coefficient (Wildman–Crippen LogP) is 4.10. The van der Waals surface area contributed by atoms with E-state index in [-0.39, 0.29) is 23.7 Å². The summed E-state index contributed by atoms with van der Waals surface area (Å²) >= 11 is 0. The van der Waals surface area contributed by atoms with Crippen molar-refractivity contribution in [3.05, 3.63) is 64.9 Å². The Kier molecular flexibility index (Phi) is 6.71. The molecule has 35 heavy (non-hydrogen) atoms. The Morgan fingerprint density at radius 3 is 2.43 bits per heavy atom. The van der Waals surface area contributed by atoms with E-state index in [1.807, 2.05) is 32.7 Å². The molecule has 0 saturated carbocycles. The van der Waals surface area contributed by atoms with E-state index in [1.54, 1.807) is 41.7 Å². The quantitative estimate of drug-likeness (QED) is 0.372. The Balaban J connectivity index is 1.45. The number of hydrogen-bond acceptors (Lipinski definition) is 10. The lowest BCUT2D eigenvalue weighted by Crippen LogP contribution is -2.37. The van der Waals surface area contributed by atoms with Crippen molar-refractivity contribution in [2.24, 2.45) is 5.92 Å². The molecule has 1 aliphatic rings. The number of nitrogens with one attached hydrogen (secondary N) is 1. The van der Waals surface area contributed by atoms with E-state index in [2.05, 4.69) is 25.3 Å². The van der Waals surface area contributed by atoms with Gasteiger partial charge in [0.2, 0.25) is 5.95 Å². The van der Waals surface area contributed by atoms with E-state index >= 15 is 0 Å². The number of rotatable bonds is 8. The van der Waals surface area contributed by atoms with E-state index in [0.29, 0.717) is 24.2 Å². The van der Waals surface area contributed by atoms with Gasteiger partial charge >= 0.3 is 6.09 Å². The van der Waals surface area contributed by atoms with Crippen LogP contribution >= 0.6 is 0 Å². The van der Waals surface area contributed by atoms with Crippen molar-refractivity contribution in [3.8, 4) is 0 Å². The molecule has 3 heterocycles. The standard InChI is InChI=1S/C23H26N8O4/c1-14(2)19-13-35-23(32)30(19)20-9-10-24-22(28-20)27-15(3)21-25-11-18(12-26-21)29(4)16-5-7-17(8-6-16)31(33)34/h5-12,14-15,19H,13H2,1-4H3,(H,24,27,28)/t15?,19-/m1/s1. The Morgan fingerprint density at radius 1 is 1.11 bits per heavy atom. The molecule has 12 heteroatoms. The van der Waals surface area contributed by atoms with E-state index < -0.39 is 11.0 Å². The number of nitro groups is 1. The van der Waals surface area contributed by atoms with Crippen LogP contribution in [0.3, 0.4) is 0 Å². The molecule has 1 saturated heterocycles. The van der Waals surface area contributed by atoms with Gasteiger partial charge in [0.1, 0.15) is 18.2 Å². The molecule has 1 fully saturated rings. The number of non-ortho nitro benzene ring substituents is 1. The Bertz CT molecular complexity index is 1200. The molecule has 2 aromatic heterocycles. The molecule has 1 aromatic carbocycles. The summed E-state index contributed by atoms with van der Waals surface area (Å²) in [5, 5.41) is 14.0. The van der Waals surface area contributed by atoms with Crippen LogP contribution in [0.25, 0.3) is 0 Å². The van der Waals surface area contributed by atoms with Crippen molar-refractivity contribution in [1.82, 2.24) is 19.9 Å². The largest absolute Gasteiger partial charge is 0.447 e. The predicted molar refractivity (Wildman–Crippen MR) is 130 cm³/mol. The summed E-state index contributed by atoms with van der Waals surface area (Å²) < 4.78 is 5.22. The molecule has 3 aromatic rings. The van der Waals surface area contributed by atoms with Crippen LogP contribution in [-0.4, -0.2) is 50.6 Å². The van der Waals surface area contributed by atoms with E-state index in [4.69, 9.17) is 4.74 Å². The van der Waals surface area contributed by atoms with Gasteiger partial charge in [-0.25, -0.2) is 19.7 Å². The monoisotopic (exact) mass is 478 g/mol. The minimum absolute atomic E-state index is 0.0290. The Labute approximate surface area is 202 Å². The highest BCUT2D eigenvalue weighted by atomic mass is 16.6. The third-order valence-corrected chi connectivity index (χ3v) is 5.79. The molecule has 0 radical (unpaired) electrons. The molecule has 12 nitrogen and oxygen atoms in total. The molecule has 1 aliphatic heterocycles. The van der Waals surface area contributed by atoms with E-state index in [0.717, 1.165) is 11.4 Å². The van der Waals surface area contributed by atoms with Gasteiger partial charge in [-0.3, -0.25) is 15.0 Å². The van der Waals surface area contributed by atoms with Crippen LogP contribution < -0.4 is 15.1 Å². The number of nitrogens with zero attached hydrogens (tertiary/aromatic N) is 7. The lowest BCUT2D eigenvalue weighted by molar-refractivity contribution is -0.384. The average Bonchev–Trinajstić information content (AvgIpc) is 3.25. The third-order valence-electron chi connectivity index (χ3n) is 5.79. The number of carbonyl (C=O) groups is 1. The zero-order valence-electron chi connectivity index (χ0n) is 19.8. The highest BCUT2D eigenvalue weighted by molar-refractivity contribution is 5.89. The van der Waals surface area contributed by atoms with Gasteiger partial charge in [-0.05, 0) is 31.0 Å². The van der Waals surface area contributed by atoms with Crippen molar-refractivity contribution >= 4 is 34.9 Å². The van der Waals surface area contributed by atoms with Crippen LogP contribution in [0.5, 0.6) is 0 Å². The number of amides is 1. The zero-order chi connectivity index (χ0) is 25.1. The fraction of sp³-hybridized carbons (Fsp3) is 0.348. The van der Waals surface area contributed by atoms with Crippen LogP contribution in [-0.2, 0) is 4.74 Å². The summed E-state index contributed by atoms with van der Waals surface area (Å²) in [6.45, 7) is 6.27. The molecular formula is C23H26N8O4. The molecule has 1 amide bonds. The second kappa shape index (κ2) is 9.87. The van der Waals surface area contributed by atoms with Crippen LogP contribution in [0.1, 0.15) is 32.6 Å². The highest BCUT2D eigenvalue weighted by Crippen LogP contribution is 2.27. The highest BCUT2D eigenvalue weighted by Gasteiger charge is 2.37. The van der Waals surface area contributed by atoms with Crippen molar-refractivity contribution in [1.29, 1.82) is 0 Å². The van der Waals surface area contributed by atoms with Crippen molar-refractivity contribution < 1.29 is 14.5 Å². The molecule has 1 unspecified atom stereocenters. The summed E-state index contributed by atoms with van der Waals surface area (Å²) in [5.74, 6) is 1.55. The minimum Gasteiger partial charge on any atom is -0.447 e. The summed E-state index contributed by atoms with van der Waals surface area (Å²) in [5.41, 5.74) is 1.52. The van der Waals surface area contributed by atoms with Crippen LogP contribution in [0, 0.1) is 16.0 Å². The fourth-order valence-electron chi connectivity index (χ4n) is 3.68. The number of hydrogen-bond donors (Lipinski definition) is 1. The number of benzene rings is 1. The third kappa shape index (κ3) is 5.10. The van der Waals surface area contributed by atoms with Gasteiger partial charge in [0.15, 0.2) is 0 Å². The van der Waals surface area contributed by atoms with E-state index in [1.165, 1.54) is 12.1 Å². The first-order chi connectivity index (χ1) is 16.7. The first-order valence-electron chi connectivity index (χ1n) is 11.1. The number of nitro benzene ring substituents is 1. The fourth-order valence-corrected chi connectivity index (χ4v) is 3.68. The van der Waals surface area contributed by atoms with E-state index in [9.17, 15) is 14.9 Å². The lowest BCUT2D eigenvalue weighted by atomic mass is 10.0. The van der Waals surface area contributed by atoms with Crippen molar-refractivity contribution in [2.45, 2.75) is 32.9 Å². The van der Waals surface area contributed by atoms with Crippen LogP contribution in [0.2, 0.25) is 0 Å². The summed E-state index contributed by atoms with van der Waals surface area (Å²) in [6.07, 6.45) is 4.51. The van der Waals surface area contributed by atoms with Crippen LogP contribution in [0.15, 0.2) is 48.9 Å². The van der Waals surface area contributed by atoms with Gasteiger partial charge in [0.05, 0.1) is 35.1 Å². The van der Waals surface area contributed by atoms with Gasteiger partial charge in [0.25, 0.3) is 5.69 Å². The normalized spacial score (nSPS) is 16.2. The number of ether oxygens (including phenoxy) is 1. The number of aromatic nitrogens is 4. The summed E-state index contributed by atoms with van der Waals surface area (Å²) in [7, 11) is 1.83. The van der Waals surface area contributed by atoms with Gasteiger partial charge < -0.3 is 15.0 Å². The maximum atomic E-state index is 12.2. The number of carbonyl (C=O) groups excluding carboxylic acids is 1. The Hall–Kier alpha value is -4.35. The SMILES string of the molecule is CC(Nc1nccc(N2C(=O)OC[C@@H]2C(C)C)n1)c1ncc(N(C)c2ccc([N+](=O)[O-])cc2)cn1. The molecular weight excluding hydrogens is 452 g/mol. The van der Waals surface area contributed by atoms with Gasteiger partial charge in [-0.1, -0.05) is 13.8 Å². The summed E-state index contributed by atoms with van der Waals surface area (Å²) in [4.78, 5) is 43.7. The first kappa shape index (κ1) is 23.8. The topological polar surface area (TPSA) is 140 Å². The van der Waals surface area contributed by atoms with Crippen molar-refractivity contribution in [3.63, 3.8) is 0 Å². The second-order valence-corrected chi connectivity index (χ2v) is 8.49. The molecule has 0 bridgehead atoms. The van der Waals surface area contributed by atoms with Crippen molar-refractivity contribution in [2.75, 3.05) is 28.8 Å².